The summed E-state index contributed by atoms with van der Waals surface area (Å²) in [6, 6.07) is 15.5. The fourth-order valence-electron chi connectivity index (χ4n) is 3.71. The van der Waals surface area contributed by atoms with E-state index < -0.39 is 16.1 Å². The number of hydrogen-bond acceptors (Lipinski definition) is 4. The summed E-state index contributed by atoms with van der Waals surface area (Å²) in [5.74, 6) is -0.343. The molecule has 2 amide bonds. The number of likely N-dealkylation sites (N-methyl/N-ethyl adjacent to an activating group) is 1. The van der Waals surface area contributed by atoms with Gasteiger partial charge in [0.05, 0.1) is 4.90 Å². The number of rotatable bonds is 12. The van der Waals surface area contributed by atoms with Crippen molar-refractivity contribution in [3.63, 3.8) is 0 Å². The van der Waals surface area contributed by atoms with Crippen LogP contribution in [-0.2, 0) is 26.2 Å². The molecule has 2 rings (SSSR count). The monoisotopic (exact) mass is 473 g/mol. The minimum atomic E-state index is -3.61. The van der Waals surface area contributed by atoms with Gasteiger partial charge in [-0.2, -0.15) is 0 Å². The van der Waals surface area contributed by atoms with Gasteiger partial charge in [-0.3, -0.25) is 9.59 Å². The number of sulfonamides is 1. The van der Waals surface area contributed by atoms with E-state index in [9.17, 15) is 18.0 Å². The summed E-state index contributed by atoms with van der Waals surface area (Å²) >= 11 is 0. The lowest BCUT2D eigenvalue weighted by molar-refractivity contribution is -0.141. The molecular weight excluding hydrogens is 438 g/mol. The Labute approximate surface area is 197 Å². The second-order valence-corrected chi connectivity index (χ2v) is 10.1. The van der Waals surface area contributed by atoms with Gasteiger partial charge in [-0.25, -0.2) is 12.7 Å². The van der Waals surface area contributed by atoms with Crippen molar-refractivity contribution in [2.45, 2.75) is 57.5 Å². The summed E-state index contributed by atoms with van der Waals surface area (Å²) in [6.07, 6.45) is 1.000. The van der Waals surface area contributed by atoms with E-state index in [4.69, 9.17) is 0 Å². The first-order chi connectivity index (χ1) is 15.7. The van der Waals surface area contributed by atoms with Crippen LogP contribution in [0.4, 0.5) is 0 Å². The second-order valence-electron chi connectivity index (χ2n) is 8.07. The van der Waals surface area contributed by atoms with Gasteiger partial charge in [0, 0.05) is 33.1 Å². The van der Waals surface area contributed by atoms with E-state index in [1.165, 1.54) is 11.4 Å². The lowest BCUT2D eigenvalue weighted by atomic mass is 10.1. The standard InChI is InChI=1S/C25H35N3O4S/c1-5-23(25(30)26-6-2)28(19-21-13-10-12-20(3)18-21)24(29)16-11-17-27(4)33(31,32)22-14-8-7-9-15-22/h7-10,12-15,18,23H,5-6,11,16-17,19H2,1-4H3,(H,26,30)/t23-/m0/s1. The number of benzene rings is 2. The molecule has 180 valence electrons. The van der Waals surface area contributed by atoms with Gasteiger partial charge in [0.1, 0.15) is 6.04 Å². The molecule has 0 unspecified atom stereocenters. The summed E-state index contributed by atoms with van der Waals surface area (Å²) < 4.78 is 26.7. The molecule has 1 N–H and O–H groups in total. The predicted molar refractivity (Wildman–Crippen MR) is 130 cm³/mol. The average Bonchev–Trinajstić information content (AvgIpc) is 2.79. The predicted octanol–water partition coefficient (Wildman–Crippen LogP) is 3.34. The SMILES string of the molecule is CCNC(=O)[C@H](CC)N(Cc1cccc(C)c1)C(=O)CCCN(C)S(=O)(=O)c1ccccc1. The average molecular weight is 474 g/mol. The van der Waals surface area contributed by atoms with Gasteiger partial charge >= 0.3 is 0 Å². The largest absolute Gasteiger partial charge is 0.355 e. The van der Waals surface area contributed by atoms with Crippen LogP contribution in [0.2, 0.25) is 0 Å². The van der Waals surface area contributed by atoms with E-state index in [0.29, 0.717) is 25.9 Å². The lowest BCUT2D eigenvalue weighted by Gasteiger charge is -2.31. The van der Waals surface area contributed by atoms with Crippen LogP contribution < -0.4 is 5.32 Å². The van der Waals surface area contributed by atoms with Crippen LogP contribution in [0.1, 0.15) is 44.2 Å². The van der Waals surface area contributed by atoms with Crippen molar-refractivity contribution in [2.75, 3.05) is 20.1 Å². The number of amides is 2. The van der Waals surface area contributed by atoms with Crippen molar-refractivity contribution >= 4 is 21.8 Å². The molecule has 0 aliphatic heterocycles. The first-order valence-electron chi connectivity index (χ1n) is 11.3. The Bertz CT molecular complexity index is 1020. The van der Waals surface area contributed by atoms with Crippen molar-refractivity contribution in [3.05, 3.63) is 65.7 Å². The Balaban J connectivity index is 2.11. The highest BCUT2D eigenvalue weighted by atomic mass is 32.2. The van der Waals surface area contributed by atoms with Crippen LogP contribution in [0.15, 0.2) is 59.5 Å². The molecule has 0 spiro atoms. The van der Waals surface area contributed by atoms with Gasteiger partial charge in [0.25, 0.3) is 0 Å². The summed E-state index contributed by atoms with van der Waals surface area (Å²) in [5, 5.41) is 2.82. The first kappa shape index (κ1) is 26.5. The molecule has 0 bridgehead atoms. The number of hydrogen-bond donors (Lipinski definition) is 1. The van der Waals surface area contributed by atoms with Crippen molar-refractivity contribution in [1.82, 2.24) is 14.5 Å². The Morgan fingerprint density at radius 3 is 2.33 bits per heavy atom. The molecule has 2 aromatic carbocycles. The molecule has 0 aliphatic rings. The zero-order chi connectivity index (χ0) is 24.4. The summed E-state index contributed by atoms with van der Waals surface area (Å²) in [5.41, 5.74) is 2.04. The lowest BCUT2D eigenvalue weighted by Crippen LogP contribution is -2.49. The number of nitrogens with one attached hydrogen (secondary N) is 1. The van der Waals surface area contributed by atoms with Gasteiger partial charge in [-0.1, -0.05) is 55.0 Å². The molecule has 0 saturated carbocycles. The van der Waals surface area contributed by atoms with Gasteiger partial charge in [0.2, 0.25) is 21.8 Å². The molecule has 0 fully saturated rings. The molecule has 0 heterocycles. The van der Waals surface area contributed by atoms with Crippen molar-refractivity contribution in [2.24, 2.45) is 0 Å². The van der Waals surface area contributed by atoms with Crippen LogP contribution in [-0.4, -0.2) is 55.6 Å². The molecule has 2 aromatic rings. The Hall–Kier alpha value is -2.71. The molecule has 0 saturated heterocycles. The topological polar surface area (TPSA) is 86.8 Å². The van der Waals surface area contributed by atoms with E-state index >= 15 is 0 Å². The molecule has 8 heteroatoms. The van der Waals surface area contributed by atoms with Gasteiger partial charge in [-0.05, 0) is 44.4 Å². The fraction of sp³-hybridized carbons (Fsp3) is 0.440. The van der Waals surface area contributed by atoms with Crippen LogP contribution in [0.25, 0.3) is 0 Å². The summed E-state index contributed by atoms with van der Waals surface area (Å²) in [6.45, 7) is 6.74. The maximum Gasteiger partial charge on any atom is 0.242 e. The van der Waals surface area contributed by atoms with Crippen molar-refractivity contribution < 1.29 is 18.0 Å². The first-order valence-corrected chi connectivity index (χ1v) is 12.8. The quantitative estimate of drug-likeness (QED) is 0.512. The van der Waals surface area contributed by atoms with E-state index in [1.807, 2.05) is 45.0 Å². The van der Waals surface area contributed by atoms with Gasteiger partial charge in [-0.15, -0.1) is 0 Å². The van der Waals surface area contributed by atoms with Crippen molar-refractivity contribution in [3.8, 4) is 0 Å². The number of nitrogens with zero attached hydrogens (tertiary/aromatic N) is 2. The van der Waals surface area contributed by atoms with E-state index in [-0.39, 0.29) is 29.7 Å². The molecule has 0 aliphatic carbocycles. The van der Waals surface area contributed by atoms with Crippen LogP contribution in [0.3, 0.4) is 0 Å². The minimum Gasteiger partial charge on any atom is -0.355 e. The third kappa shape index (κ3) is 7.40. The summed E-state index contributed by atoms with van der Waals surface area (Å²) in [4.78, 5) is 27.7. The highest BCUT2D eigenvalue weighted by Crippen LogP contribution is 2.17. The van der Waals surface area contributed by atoms with Crippen LogP contribution in [0, 0.1) is 6.92 Å². The third-order valence-corrected chi connectivity index (χ3v) is 7.36. The van der Waals surface area contributed by atoms with Crippen LogP contribution in [0.5, 0.6) is 0 Å². The van der Waals surface area contributed by atoms with E-state index in [1.54, 1.807) is 35.2 Å². The highest BCUT2D eigenvalue weighted by molar-refractivity contribution is 7.89. The number of carbonyl (C=O) groups is 2. The summed E-state index contributed by atoms with van der Waals surface area (Å²) in [7, 11) is -2.09. The Morgan fingerprint density at radius 2 is 1.73 bits per heavy atom. The molecule has 0 aromatic heterocycles. The third-order valence-electron chi connectivity index (χ3n) is 5.49. The minimum absolute atomic E-state index is 0.149. The molecule has 1 atom stereocenters. The smallest absolute Gasteiger partial charge is 0.242 e. The number of aryl methyl sites for hydroxylation is 1. The maximum atomic E-state index is 13.2. The highest BCUT2D eigenvalue weighted by Gasteiger charge is 2.28. The zero-order valence-electron chi connectivity index (χ0n) is 20.0. The normalized spacial score (nSPS) is 12.4. The molecule has 7 nitrogen and oxygen atoms in total. The molecule has 33 heavy (non-hydrogen) atoms. The van der Waals surface area contributed by atoms with Crippen LogP contribution >= 0.6 is 0 Å². The molecule has 0 radical (unpaired) electrons. The van der Waals surface area contributed by atoms with E-state index in [2.05, 4.69) is 5.32 Å². The second kappa shape index (κ2) is 12.5. The Kier molecular flexibility index (Phi) is 10.1. The van der Waals surface area contributed by atoms with E-state index in [0.717, 1.165) is 11.1 Å². The van der Waals surface area contributed by atoms with Gasteiger partial charge in [0.15, 0.2) is 0 Å². The molecular formula is C25H35N3O4S. The zero-order valence-corrected chi connectivity index (χ0v) is 20.8. The Morgan fingerprint density at radius 1 is 1.03 bits per heavy atom. The van der Waals surface area contributed by atoms with Gasteiger partial charge < -0.3 is 10.2 Å². The fourth-order valence-corrected chi connectivity index (χ4v) is 4.94. The number of carbonyl (C=O) groups excluding carboxylic acids is 2. The maximum absolute atomic E-state index is 13.2. The van der Waals surface area contributed by atoms with Crippen molar-refractivity contribution in [1.29, 1.82) is 0 Å².